The van der Waals surface area contributed by atoms with Crippen LogP contribution in [0.4, 0.5) is 11.4 Å². The summed E-state index contributed by atoms with van der Waals surface area (Å²) in [6.07, 6.45) is 0. The topological polar surface area (TPSA) is 97.4 Å². The van der Waals surface area contributed by atoms with Gasteiger partial charge in [0.05, 0.1) is 36.8 Å². The molecule has 3 aromatic rings. The lowest BCUT2D eigenvalue weighted by Crippen LogP contribution is -2.49. The van der Waals surface area contributed by atoms with Crippen molar-refractivity contribution in [3.63, 3.8) is 0 Å². The number of rotatable bonds is 10. The Morgan fingerprint density at radius 1 is 0.725 bits per heavy atom. The van der Waals surface area contributed by atoms with Crippen LogP contribution in [0.3, 0.4) is 0 Å². The largest absolute Gasteiger partial charge is 0.494 e. The zero-order valence-electron chi connectivity index (χ0n) is 23.1. The second-order valence-electron chi connectivity index (χ2n) is 9.11. The van der Waals surface area contributed by atoms with Crippen LogP contribution < -0.4 is 19.7 Å². The third-order valence-electron chi connectivity index (χ3n) is 6.45. The summed E-state index contributed by atoms with van der Waals surface area (Å²) in [5.74, 6) is 0.199. The van der Waals surface area contributed by atoms with Gasteiger partial charge in [-0.2, -0.15) is 0 Å². The van der Waals surface area contributed by atoms with Gasteiger partial charge >= 0.3 is 5.97 Å². The Balaban J connectivity index is 1.58. The molecule has 0 aliphatic carbocycles. The van der Waals surface area contributed by atoms with E-state index in [4.69, 9.17) is 14.2 Å². The highest BCUT2D eigenvalue weighted by Gasteiger charge is 2.25. The van der Waals surface area contributed by atoms with E-state index in [1.165, 1.54) is 0 Å². The molecule has 9 heteroatoms. The van der Waals surface area contributed by atoms with Crippen LogP contribution in [0.1, 0.15) is 51.8 Å². The molecule has 1 heterocycles. The number of benzene rings is 3. The predicted octanol–water partition coefficient (Wildman–Crippen LogP) is 4.88. The summed E-state index contributed by atoms with van der Waals surface area (Å²) in [5.41, 5.74) is 2.57. The quantitative estimate of drug-likeness (QED) is 0.363. The van der Waals surface area contributed by atoms with E-state index in [0.29, 0.717) is 73.3 Å². The van der Waals surface area contributed by atoms with Crippen LogP contribution in [0.5, 0.6) is 11.5 Å². The molecule has 0 saturated carbocycles. The molecular weight excluding hydrogens is 510 g/mol. The first-order valence-corrected chi connectivity index (χ1v) is 13.6. The number of carbonyl (C=O) groups excluding carboxylic acids is 3. The number of esters is 1. The lowest BCUT2D eigenvalue weighted by atomic mass is 10.1. The molecule has 0 atom stereocenters. The summed E-state index contributed by atoms with van der Waals surface area (Å²) < 4.78 is 16.4. The van der Waals surface area contributed by atoms with Crippen LogP contribution in [0.15, 0.2) is 66.7 Å². The molecule has 1 aliphatic rings. The second-order valence-corrected chi connectivity index (χ2v) is 9.11. The SMILES string of the molecule is CCOC(=O)c1ccc(N2CCN(C(=O)c3ccccc3)CC2)c(NC(=O)c2cc(OCC)cc(OCC)c2)c1. The average molecular weight is 546 g/mol. The minimum absolute atomic E-state index is 0.00859. The van der Waals surface area contributed by atoms with Gasteiger partial charge < -0.3 is 29.3 Å². The molecular formula is C31H35N3O6. The Bertz CT molecular complexity index is 1310. The zero-order chi connectivity index (χ0) is 28.5. The number of anilines is 2. The van der Waals surface area contributed by atoms with E-state index in [2.05, 4.69) is 10.2 Å². The fourth-order valence-corrected chi connectivity index (χ4v) is 4.56. The van der Waals surface area contributed by atoms with Crippen molar-refractivity contribution in [1.29, 1.82) is 0 Å². The van der Waals surface area contributed by atoms with Gasteiger partial charge in [-0.05, 0) is 63.2 Å². The van der Waals surface area contributed by atoms with Gasteiger partial charge in [-0.1, -0.05) is 18.2 Å². The van der Waals surface area contributed by atoms with Crippen LogP contribution in [0.2, 0.25) is 0 Å². The summed E-state index contributed by atoms with van der Waals surface area (Å²) >= 11 is 0. The molecule has 0 spiro atoms. The van der Waals surface area contributed by atoms with Crippen molar-refractivity contribution in [2.24, 2.45) is 0 Å². The van der Waals surface area contributed by atoms with Gasteiger partial charge in [0.2, 0.25) is 0 Å². The number of nitrogens with one attached hydrogen (secondary N) is 1. The number of amides is 2. The van der Waals surface area contributed by atoms with Gasteiger partial charge in [0.1, 0.15) is 11.5 Å². The molecule has 9 nitrogen and oxygen atoms in total. The van der Waals surface area contributed by atoms with Crippen LogP contribution >= 0.6 is 0 Å². The standard InChI is InChI=1S/C31H35N3O6/c1-4-38-25-18-24(19-26(21-25)39-5-2)29(35)32-27-20-23(31(37)40-6-3)12-13-28(27)33-14-16-34(17-15-33)30(36)22-10-8-7-9-11-22/h7-13,18-21H,4-6,14-17H2,1-3H3,(H,32,35). The fourth-order valence-electron chi connectivity index (χ4n) is 4.56. The molecule has 0 aromatic heterocycles. The maximum absolute atomic E-state index is 13.5. The Hall–Kier alpha value is -4.53. The molecule has 4 rings (SSSR count). The minimum atomic E-state index is -0.472. The number of carbonyl (C=O) groups is 3. The highest BCUT2D eigenvalue weighted by molar-refractivity contribution is 6.07. The van der Waals surface area contributed by atoms with Gasteiger partial charge in [-0.25, -0.2) is 4.79 Å². The summed E-state index contributed by atoms with van der Waals surface area (Å²) in [4.78, 5) is 42.8. The predicted molar refractivity (Wildman–Crippen MR) is 154 cm³/mol. The maximum atomic E-state index is 13.5. The van der Waals surface area contributed by atoms with Gasteiger partial charge in [-0.3, -0.25) is 9.59 Å². The molecule has 210 valence electrons. The van der Waals surface area contributed by atoms with E-state index in [1.807, 2.05) is 49.1 Å². The summed E-state index contributed by atoms with van der Waals surface area (Å²) in [6.45, 7) is 8.78. The van der Waals surface area contributed by atoms with Crippen molar-refractivity contribution in [3.8, 4) is 11.5 Å². The molecule has 0 bridgehead atoms. The molecule has 0 unspecified atom stereocenters. The summed E-state index contributed by atoms with van der Waals surface area (Å²) in [5, 5.41) is 2.98. The number of ether oxygens (including phenoxy) is 3. The van der Waals surface area contributed by atoms with Gasteiger partial charge in [0, 0.05) is 43.4 Å². The lowest BCUT2D eigenvalue weighted by Gasteiger charge is -2.37. The Kier molecular flexibility index (Phi) is 9.62. The third kappa shape index (κ3) is 6.91. The van der Waals surface area contributed by atoms with Crippen LogP contribution in [0.25, 0.3) is 0 Å². The molecule has 1 fully saturated rings. The lowest BCUT2D eigenvalue weighted by molar-refractivity contribution is 0.0526. The monoisotopic (exact) mass is 545 g/mol. The molecule has 2 amide bonds. The zero-order valence-corrected chi connectivity index (χ0v) is 23.1. The van der Waals surface area contributed by atoms with Crippen LogP contribution in [0, 0.1) is 0 Å². The van der Waals surface area contributed by atoms with Crippen molar-refractivity contribution < 1.29 is 28.6 Å². The normalized spacial score (nSPS) is 13.0. The molecule has 1 N–H and O–H groups in total. The van der Waals surface area contributed by atoms with Crippen LogP contribution in [-0.4, -0.2) is 68.7 Å². The first kappa shape index (κ1) is 28.5. The number of hydrogen-bond donors (Lipinski definition) is 1. The number of nitrogens with zero attached hydrogens (tertiary/aromatic N) is 2. The van der Waals surface area contributed by atoms with Crippen LogP contribution in [-0.2, 0) is 4.74 Å². The van der Waals surface area contributed by atoms with Gasteiger partial charge in [0.25, 0.3) is 11.8 Å². The minimum Gasteiger partial charge on any atom is -0.494 e. The van der Waals surface area contributed by atoms with Gasteiger partial charge in [-0.15, -0.1) is 0 Å². The van der Waals surface area contributed by atoms with Gasteiger partial charge in [0.15, 0.2) is 0 Å². The van der Waals surface area contributed by atoms with E-state index in [0.717, 1.165) is 5.69 Å². The van der Waals surface area contributed by atoms with Crippen molar-refractivity contribution in [3.05, 3.63) is 83.4 Å². The highest BCUT2D eigenvalue weighted by Crippen LogP contribution is 2.31. The second kappa shape index (κ2) is 13.5. The number of hydrogen-bond acceptors (Lipinski definition) is 7. The Morgan fingerprint density at radius 2 is 1.38 bits per heavy atom. The van der Waals surface area contributed by atoms with E-state index in [-0.39, 0.29) is 18.4 Å². The Labute approximate surface area is 234 Å². The Morgan fingerprint density at radius 3 is 1.98 bits per heavy atom. The smallest absolute Gasteiger partial charge is 0.338 e. The molecule has 0 radical (unpaired) electrons. The van der Waals surface area contributed by atoms with Crippen molar-refractivity contribution in [1.82, 2.24) is 4.90 Å². The van der Waals surface area contributed by atoms with E-state index >= 15 is 0 Å². The fraction of sp³-hybridized carbons (Fsp3) is 0.323. The molecule has 3 aromatic carbocycles. The number of piperazine rings is 1. The van der Waals surface area contributed by atoms with Crippen molar-refractivity contribution in [2.45, 2.75) is 20.8 Å². The van der Waals surface area contributed by atoms with Crippen molar-refractivity contribution in [2.75, 3.05) is 56.2 Å². The molecule has 1 saturated heterocycles. The van der Waals surface area contributed by atoms with E-state index in [1.54, 1.807) is 43.3 Å². The summed E-state index contributed by atoms with van der Waals surface area (Å²) in [6, 6.07) is 19.4. The van der Waals surface area contributed by atoms with Crippen molar-refractivity contribution >= 4 is 29.2 Å². The van der Waals surface area contributed by atoms with E-state index < -0.39 is 5.97 Å². The third-order valence-corrected chi connectivity index (χ3v) is 6.45. The highest BCUT2D eigenvalue weighted by atomic mass is 16.5. The first-order chi connectivity index (χ1) is 19.4. The first-order valence-electron chi connectivity index (χ1n) is 13.6. The molecule has 40 heavy (non-hydrogen) atoms. The maximum Gasteiger partial charge on any atom is 0.338 e. The van der Waals surface area contributed by atoms with E-state index in [9.17, 15) is 14.4 Å². The molecule has 1 aliphatic heterocycles. The average Bonchev–Trinajstić information content (AvgIpc) is 2.97. The summed E-state index contributed by atoms with van der Waals surface area (Å²) in [7, 11) is 0.